The van der Waals surface area contributed by atoms with Crippen LogP contribution in [0.25, 0.3) is 23.1 Å². The van der Waals surface area contributed by atoms with Gasteiger partial charge < -0.3 is 9.55 Å². The van der Waals surface area contributed by atoms with Crippen molar-refractivity contribution < 1.29 is 4.92 Å². The second kappa shape index (κ2) is 7.43. The largest absolute Gasteiger partial charge is 0.357 e. The van der Waals surface area contributed by atoms with Gasteiger partial charge in [0.1, 0.15) is 5.69 Å². The van der Waals surface area contributed by atoms with E-state index in [0.717, 1.165) is 22.0 Å². The van der Waals surface area contributed by atoms with E-state index in [1.165, 1.54) is 6.08 Å². The maximum atomic E-state index is 11.8. The number of H-pyrrole nitrogens is 2. The molecule has 0 fully saturated rings. The molecule has 2 heterocycles. The quantitative estimate of drug-likeness (QED) is 0.404. The molecule has 8 heteroatoms. The van der Waals surface area contributed by atoms with Crippen LogP contribution in [0.5, 0.6) is 0 Å². The number of fused-ring (bicyclic) bond motifs is 1. The highest BCUT2D eigenvalue weighted by Crippen LogP contribution is 2.24. The number of benzene rings is 2. The summed E-state index contributed by atoms with van der Waals surface area (Å²) >= 11 is 0. The first kappa shape index (κ1) is 18.2. The number of nitro groups is 1. The summed E-state index contributed by atoms with van der Waals surface area (Å²) in [7, 11) is 0. The van der Waals surface area contributed by atoms with Gasteiger partial charge in [0, 0.05) is 29.2 Å². The Morgan fingerprint density at radius 2 is 1.69 bits per heavy atom. The topological polar surface area (TPSA) is 114 Å². The first-order chi connectivity index (χ1) is 14.0. The molecule has 0 bridgehead atoms. The summed E-state index contributed by atoms with van der Waals surface area (Å²) in [5.41, 5.74) is 0.268. The fraction of sp³-hybridized carbons (Fsp3) is 0.0476. The summed E-state index contributed by atoms with van der Waals surface area (Å²) in [5.74, 6) is 0. The zero-order chi connectivity index (χ0) is 20.4. The van der Waals surface area contributed by atoms with Crippen LogP contribution in [0.2, 0.25) is 0 Å². The molecule has 2 aromatic heterocycles. The van der Waals surface area contributed by atoms with E-state index in [1.807, 2.05) is 65.8 Å². The van der Waals surface area contributed by atoms with Crippen LogP contribution in [0.3, 0.4) is 0 Å². The van der Waals surface area contributed by atoms with Crippen LogP contribution in [-0.2, 0) is 6.54 Å². The second-order valence-electron chi connectivity index (χ2n) is 6.48. The van der Waals surface area contributed by atoms with Gasteiger partial charge in [-0.25, -0.2) is 4.79 Å². The summed E-state index contributed by atoms with van der Waals surface area (Å²) in [6.07, 6.45) is 4.97. The van der Waals surface area contributed by atoms with E-state index >= 15 is 0 Å². The Morgan fingerprint density at radius 3 is 2.45 bits per heavy atom. The zero-order valence-corrected chi connectivity index (χ0v) is 15.2. The number of nitrogens with one attached hydrogen (secondary N) is 2. The van der Waals surface area contributed by atoms with Crippen molar-refractivity contribution in [1.29, 1.82) is 0 Å². The average Bonchev–Trinajstić information content (AvgIpc) is 3.04. The van der Waals surface area contributed by atoms with E-state index in [4.69, 9.17) is 0 Å². The SMILES string of the molecule is O=c1[nH]c(C=Cc2cn(Cc3ccccc3)c3ccccc23)c([N+](=O)[O-])c(=O)[nH]1. The number of rotatable bonds is 5. The third kappa shape index (κ3) is 3.63. The lowest BCUT2D eigenvalue weighted by atomic mass is 10.1. The van der Waals surface area contributed by atoms with Crippen molar-refractivity contribution in [2.24, 2.45) is 0 Å². The first-order valence-electron chi connectivity index (χ1n) is 8.84. The van der Waals surface area contributed by atoms with E-state index in [9.17, 15) is 19.7 Å². The van der Waals surface area contributed by atoms with Crippen LogP contribution < -0.4 is 11.2 Å². The molecule has 0 unspecified atom stereocenters. The molecule has 0 atom stereocenters. The lowest BCUT2D eigenvalue weighted by Gasteiger charge is -2.05. The van der Waals surface area contributed by atoms with Crippen LogP contribution in [0.15, 0.2) is 70.4 Å². The normalized spacial score (nSPS) is 11.3. The highest BCUT2D eigenvalue weighted by atomic mass is 16.6. The fourth-order valence-electron chi connectivity index (χ4n) is 3.29. The van der Waals surface area contributed by atoms with Crippen molar-refractivity contribution >= 4 is 28.7 Å². The average molecular weight is 388 g/mol. The van der Waals surface area contributed by atoms with E-state index < -0.39 is 21.9 Å². The van der Waals surface area contributed by atoms with E-state index in [-0.39, 0.29) is 5.69 Å². The molecular formula is C21H16N4O4. The van der Waals surface area contributed by atoms with Crippen LogP contribution in [0.4, 0.5) is 5.69 Å². The molecule has 0 aliphatic carbocycles. The molecule has 0 spiro atoms. The molecule has 0 saturated heterocycles. The molecule has 0 aliphatic heterocycles. The molecular weight excluding hydrogens is 372 g/mol. The summed E-state index contributed by atoms with van der Waals surface area (Å²) in [6.45, 7) is 0.664. The molecule has 0 amide bonds. The predicted octanol–water partition coefficient (Wildman–Crippen LogP) is 3.14. The molecule has 0 saturated carbocycles. The minimum absolute atomic E-state index is 0.149. The van der Waals surface area contributed by atoms with Gasteiger partial charge in [0.2, 0.25) is 0 Å². The van der Waals surface area contributed by atoms with E-state index in [0.29, 0.717) is 6.54 Å². The lowest BCUT2D eigenvalue weighted by Crippen LogP contribution is -2.25. The molecule has 0 aliphatic rings. The van der Waals surface area contributed by atoms with Gasteiger partial charge in [-0.2, -0.15) is 0 Å². The van der Waals surface area contributed by atoms with Crippen LogP contribution in [-0.4, -0.2) is 19.5 Å². The Morgan fingerprint density at radius 1 is 0.966 bits per heavy atom. The van der Waals surface area contributed by atoms with Gasteiger partial charge in [-0.1, -0.05) is 54.6 Å². The van der Waals surface area contributed by atoms with Gasteiger partial charge in [-0.15, -0.1) is 0 Å². The van der Waals surface area contributed by atoms with Gasteiger partial charge in [0.15, 0.2) is 0 Å². The predicted molar refractivity (Wildman–Crippen MR) is 111 cm³/mol. The Bertz CT molecular complexity index is 1350. The van der Waals surface area contributed by atoms with Crippen LogP contribution in [0, 0.1) is 10.1 Å². The fourth-order valence-corrected chi connectivity index (χ4v) is 3.29. The maximum Gasteiger partial charge on any atom is 0.357 e. The maximum absolute atomic E-state index is 11.8. The Hall–Kier alpha value is -4.20. The number of nitrogens with zero attached hydrogens (tertiary/aromatic N) is 2. The standard InChI is InChI=1S/C21H16N4O4/c26-20-19(25(28)29)17(22-21(27)23-20)11-10-15-13-24(12-14-6-2-1-3-7-14)18-9-5-4-8-16(15)18/h1-11,13H,12H2,(H2,22,23,26,27). The highest BCUT2D eigenvalue weighted by molar-refractivity contribution is 5.92. The van der Waals surface area contributed by atoms with Crippen LogP contribution >= 0.6 is 0 Å². The summed E-state index contributed by atoms with van der Waals surface area (Å²) in [4.78, 5) is 37.9. The molecule has 4 rings (SSSR count). The van der Waals surface area contributed by atoms with Crippen molar-refractivity contribution in [2.45, 2.75) is 6.54 Å². The lowest BCUT2D eigenvalue weighted by molar-refractivity contribution is -0.386. The van der Waals surface area contributed by atoms with Crippen molar-refractivity contribution in [3.05, 3.63) is 109 Å². The van der Waals surface area contributed by atoms with Crippen molar-refractivity contribution in [3.8, 4) is 0 Å². The van der Waals surface area contributed by atoms with Crippen LogP contribution in [0.1, 0.15) is 16.8 Å². The highest BCUT2D eigenvalue weighted by Gasteiger charge is 2.19. The van der Waals surface area contributed by atoms with E-state index in [1.54, 1.807) is 6.08 Å². The van der Waals surface area contributed by atoms with Gasteiger partial charge in [-0.3, -0.25) is 19.9 Å². The Labute approximate surface area is 163 Å². The zero-order valence-electron chi connectivity index (χ0n) is 15.2. The van der Waals surface area contributed by atoms with Crippen molar-refractivity contribution in [3.63, 3.8) is 0 Å². The van der Waals surface area contributed by atoms with Gasteiger partial charge in [-0.05, 0) is 17.7 Å². The minimum atomic E-state index is -1.04. The molecule has 2 N–H and O–H groups in total. The van der Waals surface area contributed by atoms with Gasteiger partial charge in [0.05, 0.1) is 4.92 Å². The number of para-hydroxylation sites is 1. The number of aromatic nitrogens is 3. The Balaban J connectivity index is 1.79. The van der Waals surface area contributed by atoms with Gasteiger partial charge in [0.25, 0.3) is 0 Å². The molecule has 2 aromatic carbocycles. The number of hydrogen-bond acceptors (Lipinski definition) is 4. The summed E-state index contributed by atoms with van der Waals surface area (Å²) < 4.78 is 2.08. The molecule has 144 valence electrons. The van der Waals surface area contributed by atoms with E-state index in [2.05, 4.69) is 9.55 Å². The Kier molecular flexibility index (Phi) is 4.66. The third-order valence-corrected chi connectivity index (χ3v) is 4.57. The van der Waals surface area contributed by atoms with Gasteiger partial charge >= 0.3 is 16.9 Å². The second-order valence-corrected chi connectivity index (χ2v) is 6.48. The molecule has 0 radical (unpaired) electrons. The molecule has 29 heavy (non-hydrogen) atoms. The third-order valence-electron chi connectivity index (χ3n) is 4.57. The minimum Gasteiger partial charge on any atom is -0.342 e. The monoisotopic (exact) mass is 388 g/mol. The van der Waals surface area contributed by atoms with Crippen molar-refractivity contribution in [2.75, 3.05) is 0 Å². The number of aromatic amines is 2. The smallest absolute Gasteiger partial charge is 0.342 e. The molecule has 4 aromatic rings. The molecule has 8 nitrogen and oxygen atoms in total. The summed E-state index contributed by atoms with van der Waals surface area (Å²) in [5, 5.41) is 12.2. The van der Waals surface area contributed by atoms with Crippen molar-refractivity contribution in [1.82, 2.24) is 14.5 Å². The first-order valence-corrected chi connectivity index (χ1v) is 8.84. The number of hydrogen-bond donors (Lipinski definition) is 2. The summed E-state index contributed by atoms with van der Waals surface area (Å²) in [6, 6.07) is 17.8.